The van der Waals surface area contributed by atoms with Crippen LogP contribution in [-0.2, 0) is 0 Å². The van der Waals surface area contributed by atoms with Crippen molar-refractivity contribution in [1.82, 2.24) is 0 Å². The molecule has 0 spiro atoms. The van der Waals surface area contributed by atoms with Gasteiger partial charge < -0.3 is 10.2 Å². The molecule has 2 nitrogen and oxygen atoms in total. The summed E-state index contributed by atoms with van der Waals surface area (Å²) in [4.78, 5) is 0. The minimum Gasteiger partial charge on any atom is -0.396 e. The van der Waals surface area contributed by atoms with Crippen LogP contribution in [-0.4, -0.2) is 22.9 Å². The summed E-state index contributed by atoms with van der Waals surface area (Å²) in [5, 5.41) is 19.0. The van der Waals surface area contributed by atoms with Crippen LogP contribution in [0.3, 0.4) is 0 Å². The van der Waals surface area contributed by atoms with Crippen LogP contribution in [0.15, 0.2) is 0 Å². The van der Waals surface area contributed by atoms with E-state index >= 15 is 0 Å². The minimum absolute atomic E-state index is 0.197. The van der Waals surface area contributed by atoms with E-state index in [1.807, 2.05) is 6.92 Å². The van der Waals surface area contributed by atoms with E-state index in [1.54, 1.807) is 0 Å². The monoisotopic (exact) mass is 186 g/mol. The first-order valence-electron chi connectivity index (χ1n) is 5.36. The van der Waals surface area contributed by atoms with Crippen LogP contribution < -0.4 is 0 Å². The molecule has 2 heteroatoms. The Hall–Kier alpha value is -0.0800. The smallest absolute Gasteiger partial charge is 0.0599 e. The maximum Gasteiger partial charge on any atom is 0.0599 e. The lowest BCUT2D eigenvalue weighted by Gasteiger charge is -2.39. The quantitative estimate of drug-likeness (QED) is 0.688. The first kappa shape index (κ1) is 11.0. The molecule has 0 amide bonds. The Morgan fingerprint density at radius 3 is 2.46 bits per heavy atom. The van der Waals surface area contributed by atoms with Crippen LogP contribution in [0.5, 0.6) is 0 Å². The number of hydrogen-bond acceptors (Lipinski definition) is 2. The van der Waals surface area contributed by atoms with Gasteiger partial charge in [-0.15, -0.1) is 0 Å². The number of aliphatic hydroxyl groups is 2. The maximum atomic E-state index is 10.00. The maximum absolute atomic E-state index is 10.00. The zero-order chi connectivity index (χ0) is 10.0. The number of aliphatic hydroxyl groups excluding tert-OH is 2. The predicted octanol–water partition coefficient (Wildman–Crippen LogP) is 1.66. The molecule has 5 atom stereocenters. The molecule has 0 saturated heterocycles. The summed E-state index contributed by atoms with van der Waals surface area (Å²) in [7, 11) is 0. The van der Waals surface area contributed by atoms with Crippen molar-refractivity contribution < 1.29 is 10.2 Å². The summed E-state index contributed by atoms with van der Waals surface area (Å²) in [5.74, 6) is 1.55. The van der Waals surface area contributed by atoms with Crippen molar-refractivity contribution in [3.05, 3.63) is 0 Å². The third-order valence-electron chi connectivity index (χ3n) is 3.85. The first-order chi connectivity index (χ1) is 6.07. The average molecular weight is 186 g/mol. The summed E-state index contributed by atoms with van der Waals surface area (Å²) in [6, 6.07) is 0. The molecule has 78 valence electrons. The molecule has 0 aromatic carbocycles. The Kier molecular flexibility index (Phi) is 3.74. The number of hydrogen-bond donors (Lipinski definition) is 2. The fourth-order valence-corrected chi connectivity index (χ4v) is 2.37. The Bertz CT molecular complexity index is 158. The molecule has 13 heavy (non-hydrogen) atoms. The lowest BCUT2D eigenvalue weighted by molar-refractivity contribution is -0.0324. The van der Waals surface area contributed by atoms with Crippen molar-refractivity contribution in [2.45, 2.75) is 39.7 Å². The second kappa shape index (κ2) is 4.43. The van der Waals surface area contributed by atoms with Crippen molar-refractivity contribution >= 4 is 0 Å². The van der Waals surface area contributed by atoms with Crippen molar-refractivity contribution in [3.8, 4) is 0 Å². The van der Waals surface area contributed by atoms with E-state index in [0.29, 0.717) is 17.8 Å². The highest BCUT2D eigenvalue weighted by molar-refractivity contribution is 4.85. The normalized spacial score (nSPS) is 43.2. The zero-order valence-electron chi connectivity index (χ0n) is 8.90. The molecule has 5 unspecified atom stereocenters. The highest BCUT2D eigenvalue weighted by atomic mass is 16.3. The average Bonchev–Trinajstić information content (AvgIpc) is 2.13. The van der Waals surface area contributed by atoms with Crippen molar-refractivity contribution in [3.63, 3.8) is 0 Å². The molecule has 1 aliphatic carbocycles. The molecule has 1 rings (SSSR count). The van der Waals surface area contributed by atoms with Gasteiger partial charge in [0.15, 0.2) is 0 Å². The third kappa shape index (κ3) is 2.23. The predicted molar refractivity (Wildman–Crippen MR) is 53.3 cm³/mol. The molecule has 1 aliphatic rings. The third-order valence-corrected chi connectivity index (χ3v) is 3.85. The Morgan fingerprint density at radius 2 is 1.92 bits per heavy atom. The molecule has 1 fully saturated rings. The molecule has 0 radical (unpaired) electrons. The molecule has 0 heterocycles. The van der Waals surface area contributed by atoms with Crippen LogP contribution in [0, 0.1) is 23.7 Å². The summed E-state index contributed by atoms with van der Waals surface area (Å²) < 4.78 is 0. The van der Waals surface area contributed by atoms with Gasteiger partial charge in [0.05, 0.1) is 6.10 Å². The molecule has 1 saturated carbocycles. The van der Waals surface area contributed by atoms with E-state index in [-0.39, 0.29) is 18.6 Å². The van der Waals surface area contributed by atoms with Crippen LogP contribution >= 0.6 is 0 Å². The second-order valence-electron chi connectivity index (χ2n) is 4.73. The number of rotatable bonds is 2. The SMILES string of the molecule is CC1CCC(C(C)CO)C(O)C1C. The van der Waals surface area contributed by atoms with Gasteiger partial charge in [-0.1, -0.05) is 20.8 Å². The molecular formula is C11H22O2. The van der Waals surface area contributed by atoms with Crippen molar-refractivity contribution in [2.75, 3.05) is 6.61 Å². The highest BCUT2D eigenvalue weighted by Gasteiger charge is 2.35. The molecule has 2 N–H and O–H groups in total. The van der Waals surface area contributed by atoms with E-state index in [4.69, 9.17) is 5.11 Å². The van der Waals surface area contributed by atoms with Gasteiger partial charge in [0.2, 0.25) is 0 Å². The van der Waals surface area contributed by atoms with Gasteiger partial charge in [-0.2, -0.15) is 0 Å². The van der Waals surface area contributed by atoms with Crippen molar-refractivity contribution in [1.29, 1.82) is 0 Å². The molecule has 0 aromatic rings. The second-order valence-corrected chi connectivity index (χ2v) is 4.73. The topological polar surface area (TPSA) is 40.5 Å². The summed E-state index contributed by atoms with van der Waals surface area (Å²) in [6.07, 6.45) is 2.03. The van der Waals surface area contributed by atoms with Gasteiger partial charge in [0.25, 0.3) is 0 Å². The fraction of sp³-hybridized carbons (Fsp3) is 1.00. The Labute approximate surface area is 81.0 Å². The molecule has 0 aliphatic heterocycles. The van der Waals surface area contributed by atoms with Gasteiger partial charge >= 0.3 is 0 Å². The molecule has 0 bridgehead atoms. The van der Waals surface area contributed by atoms with Crippen LogP contribution in [0.25, 0.3) is 0 Å². The van der Waals surface area contributed by atoms with E-state index in [0.717, 1.165) is 6.42 Å². The minimum atomic E-state index is -0.217. The van der Waals surface area contributed by atoms with E-state index in [9.17, 15) is 5.11 Å². The lowest BCUT2D eigenvalue weighted by Crippen LogP contribution is -2.40. The molecule has 0 aromatic heterocycles. The Morgan fingerprint density at radius 1 is 1.31 bits per heavy atom. The standard InChI is InChI=1S/C11H22O2/c1-7-4-5-10(8(2)6-12)11(13)9(7)3/h7-13H,4-6H2,1-3H3. The van der Waals surface area contributed by atoms with Crippen LogP contribution in [0.2, 0.25) is 0 Å². The molecular weight excluding hydrogens is 164 g/mol. The largest absolute Gasteiger partial charge is 0.396 e. The summed E-state index contributed by atoms with van der Waals surface area (Å²) in [5.41, 5.74) is 0. The van der Waals surface area contributed by atoms with Crippen LogP contribution in [0.1, 0.15) is 33.6 Å². The lowest BCUT2D eigenvalue weighted by atomic mass is 9.69. The van der Waals surface area contributed by atoms with E-state index in [2.05, 4.69) is 13.8 Å². The summed E-state index contributed by atoms with van der Waals surface area (Å²) in [6.45, 7) is 6.54. The van der Waals surface area contributed by atoms with Gasteiger partial charge in [0, 0.05) is 6.61 Å². The van der Waals surface area contributed by atoms with Gasteiger partial charge in [-0.3, -0.25) is 0 Å². The van der Waals surface area contributed by atoms with Gasteiger partial charge in [0.1, 0.15) is 0 Å². The Balaban J connectivity index is 2.58. The highest BCUT2D eigenvalue weighted by Crippen LogP contribution is 2.37. The van der Waals surface area contributed by atoms with Gasteiger partial charge in [-0.25, -0.2) is 0 Å². The first-order valence-corrected chi connectivity index (χ1v) is 5.36. The van der Waals surface area contributed by atoms with Crippen LogP contribution in [0.4, 0.5) is 0 Å². The van der Waals surface area contributed by atoms with Crippen molar-refractivity contribution in [2.24, 2.45) is 23.7 Å². The fourth-order valence-electron chi connectivity index (χ4n) is 2.37. The zero-order valence-corrected chi connectivity index (χ0v) is 8.90. The summed E-state index contributed by atoms with van der Waals surface area (Å²) >= 11 is 0. The van der Waals surface area contributed by atoms with E-state index in [1.165, 1.54) is 6.42 Å². The van der Waals surface area contributed by atoms with E-state index < -0.39 is 0 Å². The van der Waals surface area contributed by atoms with Gasteiger partial charge in [-0.05, 0) is 36.5 Å².